The second-order valence-electron chi connectivity index (χ2n) is 3.76. The zero-order chi connectivity index (χ0) is 13.2. The Labute approximate surface area is 108 Å². The fourth-order valence-electron chi connectivity index (χ4n) is 1.48. The summed E-state index contributed by atoms with van der Waals surface area (Å²) in [6, 6.07) is 5.65. The molecule has 0 radical (unpaired) electrons. The van der Waals surface area contributed by atoms with E-state index in [-0.39, 0.29) is 5.97 Å². The molecule has 5 heteroatoms. The van der Waals surface area contributed by atoms with Crippen LogP contribution in [0, 0.1) is 0 Å². The van der Waals surface area contributed by atoms with E-state index >= 15 is 0 Å². The SMILES string of the molecule is CCOC(=O)CCCNCc1cccc(OC)n1. The summed E-state index contributed by atoms with van der Waals surface area (Å²) >= 11 is 0. The van der Waals surface area contributed by atoms with Crippen LogP contribution in [0.1, 0.15) is 25.5 Å². The second-order valence-corrected chi connectivity index (χ2v) is 3.76. The molecule has 0 amide bonds. The molecule has 0 fully saturated rings. The molecule has 18 heavy (non-hydrogen) atoms. The number of carbonyl (C=O) groups is 1. The second kappa shape index (κ2) is 8.47. The molecule has 5 nitrogen and oxygen atoms in total. The van der Waals surface area contributed by atoms with E-state index in [2.05, 4.69) is 10.3 Å². The number of pyridine rings is 1. The monoisotopic (exact) mass is 252 g/mol. The molecule has 100 valence electrons. The van der Waals surface area contributed by atoms with Crippen molar-refractivity contribution in [2.75, 3.05) is 20.3 Å². The fourth-order valence-corrected chi connectivity index (χ4v) is 1.48. The third-order valence-corrected chi connectivity index (χ3v) is 2.34. The molecule has 0 saturated heterocycles. The Morgan fingerprint density at radius 1 is 1.44 bits per heavy atom. The molecule has 0 bridgehead atoms. The van der Waals surface area contributed by atoms with Crippen molar-refractivity contribution in [3.63, 3.8) is 0 Å². The molecule has 0 aliphatic rings. The minimum atomic E-state index is -0.140. The van der Waals surface area contributed by atoms with Crippen molar-refractivity contribution in [3.05, 3.63) is 23.9 Å². The van der Waals surface area contributed by atoms with Crippen LogP contribution in [0.3, 0.4) is 0 Å². The first-order chi connectivity index (χ1) is 8.76. The van der Waals surface area contributed by atoms with Crippen LogP contribution in [0.4, 0.5) is 0 Å². The predicted octanol–water partition coefficient (Wildman–Crippen LogP) is 1.52. The summed E-state index contributed by atoms with van der Waals surface area (Å²) in [7, 11) is 1.60. The van der Waals surface area contributed by atoms with Gasteiger partial charge in [0.15, 0.2) is 0 Å². The maximum atomic E-state index is 11.1. The summed E-state index contributed by atoms with van der Waals surface area (Å²) in [4.78, 5) is 15.4. The number of aromatic nitrogens is 1. The lowest BCUT2D eigenvalue weighted by atomic mass is 10.3. The lowest BCUT2D eigenvalue weighted by Gasteiger charge is -2.05. The molecule has 0 unspecified atom stereocenters. The molecule has 0 saturated carbocycles. The molecule has 0 spiro atoms. The number of methoxy groups -OCH3 is 1. The van der Waals surface area contributed by atoms with E-state index in [0.29, 0.717) is 25.5 Å². The van der Waals surface area contributed by atoms with Gasteiger partial charge in [-0.2, -0.15) is 0 Å². The molecule has 0 atom stereocenters. The molecular weight excluding hydrogens is 232 g/mol. The van der Waals surface area contributed by atoms with Crippen molar-refractivity contribution in [1.82, 2.24) is 10.3 Å². The predicted molar refractivity (Wildman–Crippen MR) is 68.4 cm³/mol. The van der Waals surface area contributed by atoms with E-state index in [0.717, 1.165) is 18.7 Å². The van der Waals surface area contributed by atoms with Crippen molar-refractivity contribution in [3.8, 4) is 5.88 Å². The van der Waals surface area contributed by atoms with E-state index in [1.165, 1.54) is 0 Å². The quantitative estimate of drug-likeness (QED) is 0.561. The minimum absolute atomic E-state index is 0.140. The molecule has 1 rings (SSSR count). The first-order valence-electron chi connectivity index (χ1n) is 6.12. The number of carbonyl (C=O) groups excluding carboxylic acids is 1. The van der Waals surface area contributed by atoms with Gasteiger partial charge in [0, 0.05) is 19.0 Å². The van der Waals surface area contributed by atoms with Crippen molar-refractivity contribution >= 4 is 5.97 Å². The first kappa shape index (κ1) is 14.4. The summed E-state index contributed by atoms with van der Waals surface area (Å²) in [5, 5.41) is 3.22. The van der Waals surface area contributed by atoms with E-state index in [1.807, 2.05) is 25.1 Å². The normalized spacial score (nSPS) is 10.1. The van der Waals surface area contributed by atoms with Gasteiger partial charge in [0.05, 0.1) is 19.4 Å². The minimum Gasteiger partial charge on any atom is -0.481 e. The summed E-state index contributed by atoms with van der Waals surface area (Å²) in [5.41, 5.74) is 0.922. The van der Waals surface area contributed by atoms with Crippen molar-refractivity contribution in [2.45, 2.75) is 26.3 Å². The summed E-state index contributed by atoms with van der Waals surface area (Å²) in [5.74, 6) is 0.472. The maximum Gasteiger partial charge on any atom is 0.305 e. The number of nitrogens with one attached hydrogen (secondary N) is 1. The van der Waals surface area contributed by atoms with Gasteiger partial charge >= 0.3 is 5.97 Å². The Hall–Kier alpha value is -1.62. The van der Waals surface area contributed by atoms with E-state index in [4.69, 9.17) is 9.47 Å². The zero-order valence-electron chi connectivity index (χ0n) is 10.9. The highest BCUT2D eigenvalue weighted by molar-refractivity contribution is 5.69. The van der Waals surface area contributed by atoms with Gasteiger partial charge in [0.25, 0.3) is 0 Å². The number of nitrogens with zero attached hydrogens (tertiary/aromatic N) is 1. The highest BCUT2D eigenvalue weighted by Gasteiger charge is 2.01. The Balaban J connectivity index is 2.15. The van der Waals surface area contributed by atoms with Crippen LogP contribution < -0.4 is 10.1 Å². The summed E-state index contributed by atoms with van der Waals surface area (Å²) < 4.78 is 9.88. The Morgan fingerprint density at radius 2 is 2.28 bits per heavy atom. The van der Waals surface area contributed by atoms with Crippen LogP contribution in [-0.2, 0) is 16.1 Å². The number of ether oxygens (including phenoxy) is 2. The largest absolute Gasteiger partial charge is 0.481 e. The third kappa shape index (κ3) is 5.63. The number of hydrogen-bond acceptors (Lipinski definition) is 5. The van der Waals surface area contributed by atoms with Crippen molar-refractivity contribution < 1.29 is 14.3 Å². The van der Waals surface area contributed by atoms with Gasteiger partial charge in [0.1, 0.15) is 0 Å². The van der Waals surface area contributed by atoms with Crippen molar-refractivity contribution in [2.24, 2.45) is 0 Å². The van der Waals surface area contributed by atoms with Gasteiger partial charge in [-0.05, 0) is 26.0 Å². The molecule has 1 N–H and O–H groups in total. The molecule has 0 aliphatic heterocycles. The van der Waals surface area contributed by atoms with E-state index in [9.17, 15) is 4.79 Å². The molecule has 1 heterocycles. The Kier molecular flexibility index (Phi) is 6.79. The molecule has 0 aromatic carbocycles. The van der Waals surface area contributed by atoms with E-state index < -0.39 is 0 Å². The smallest absolute Gasteiger partial charge is 0.305 e. The van der Waals surface area contributed by atoms with Gasteiger partial charge in [0.2, 0.25) is 5.88 Å². The molecular formula is C13H20N2O3. The Morgan fingerprint density at radius 3 is 3.00 bits per heavy atom. The number of hydrogen-bond donors (Lipinski definition) is 1. The summed E-state index contributed by atoms with van der Waals surface area (Å²) in [6.45, 7) is 3.68. The molecule has 0 aliphatic carbocycles. The van der Waals surface area contributed by atoms with E-state index in [1.54, 1.807) is 7.11 Å². The van der Waals surface area contributed by atoms with Crippen LogP contribution in [0.25, 0.3) is 0 Å². The lowest BCUT2D eigenvalue weighted by Crippen LogP contribution is -2.17. The van der Waals surface area contributed by atoms with Crippen molar-refractivity contribution in [1.29, 1.82) is 0 Å². The molecule has 1 aromatic heterocycles. The third-order valence-electron chi connectivity index (χ3n) is 2.34. The van der Waals surface area contributed by atoms with Gasteiger partial charge in [-0.1, -0.05) is 6.07 Å². The highest BCUT2D eigenvalue weighted by Crippen LogP contribution is 2.06. The Bertz CT molecular complexity index is 369. The first-order valence-corrected chi connectivity index (χ1v) is 6.12. The van der Waals surface area contributed by atoms with Gasteiger partial charge in [-0.15, -0.1) is 0 Å². The zero-order valence-corrected chi connectivity index (χ0v) is 10.9. The summed E-state index contributed by atoms with van der Waals surface area (Å²) in [6.07, 6.45) is 1.22. The standard InChI is InChI=1S/C13H20N2O3/c1-3-18-13(16)8-5-9-14-10-11-6-4-7-12(15-11)17-2/h4,6-7,14H,3,5,8-10H2,1-2H3. The van der Waals surface area contributed by atoms with Crippen LogP contribution in [0.5, 0.6) is 5.88 Å². The lowest BCUT2D eigenvalue weighted by molar-refractivity contribution is -0.143. The number of rotatable bonds is 8. The highest BCUT2D eigenvalue weighted by atomic mass is 16.5. The topological polar surface area (TPSA) is 60.5 Å². The van der Waals surface area contributed by atoms with Crippen LogP contribution in [0.15, 0.2) is 18.2 Å². The average molecular weight is 252 g/mol. The fraction of sp³-hybridized carbons (Fsp3) is 0.538. The van der Waals surface area contributed by atoms with Gasteiger partial charge < -0.3 is 14.8 Å². The molecule has 1 aromatic rings. The number of esters is 1. The van der Waals surface area contributed by atoms with Gasteiger partial charge in [-0.3, -0.25) is 4.79 Å². The van der Waals surface area contributed by atoms with Crippen LogP contribution >= 0.6 is 0 Å². The average Bonchev–Trinajstić information content (AvgIpc) is 2.39. The maximum absolute atomic E-state index is 11.1. The van der Waals surface area contributed by atoms with Crippen LogP contribution in [-0.4, -0.2) is 31.2 Å². The van der Waals surface area contributed by atoms with Crippen LogP contribution in [0.2, 0.25) is 0 Å². The van der Waals surface area contributed by atoms with Gasteiger partial charge in [-0.25, -0.2) is 4.98 Å².